The van der Waals surface area contributed by atoms with Gasteiger partial charge in [-0.3, -0.25) is 4.79 Å². The molecule has 2 rings (SSSR count). The second-order valence-corrected chi connectivity index (χ2v) is 4.12. The van der Waals surface area contributed by atoms with Gasteiger partial charge < -0.3 is 14.8 Å². The van der Waals surface area contributed by atoms with E-state index in [9.17, 15) is 4.79 Å². The molecule has 1 aliphatic heterocycles. The molecule has 0 unspecified atom stereocenters. The first kappa shape index (κ1) is 9.93. The van der Waals surface area contributed by atoms with Crippen molar-refractivity contribution in [2.45, 2.75) is 26.1 Å². The molecule has 1 N–H and O–H groups in total. The van der Waals surface area contributed by atoms with Crippen molar-refractivity contribution in [3.8, 4) is 0 Å². The molecule has 0 aromatic heterocycles. The zero-order chi connectivity index (χ0) is 9.97. The predicted octanol–water partition coefficient (Wildman–Crippen LogP) is 0.522. The second kappa shape index (κ2) is 4.28. The summed E-state index contributed by atoms with van der Waals surface area (Å²) in [6, 6.07) is 0. The summed E-state index contributed by atoms with van der Waals surface area (Å²) in [7, 11) is 0. The van der Waals surface area contributed by atoms with Crippen LogP contribution in [-0.2, 0) is 14.3 Å². The fourth-order valence-corrected chi connectivity index (χ4v) is 1.46. The predicted molar refractivity (Wildman–Crippen MR) is 50.6 cm³/mol. The summed E-state index contributed by atoms with van der Waals surface area (Å²) in [6.07, 6.45) is 2.35. The number of carbonyl (C=O) groups is 1. The molecule has 1 saturated heterocycles. The molecular formula is C10H17NO3. The average Bonchev–Trinajstić information content (AvgIpc) is 2.99. The number of ether oxygens (including phenoxy) is 2. The smallest absolute Gasteiger partial charge is 0.227 e. The van der Waals surface area contributed by atoms with E-state index in [1.807, 2.05) is 6.92 Å². The number of carbonyl (C=O) groups excluding carboxylic acids is 1. The summed E-state index contributed by atoms with van der Waals surface area (Å²) in [5, 5.41) is 2.93. The highest BCUT2D eigenvalue weighted by molar-refractivity contribution is 5.79. The van der Waals surface area contributed by atoms with Crippen LogP contribution >= 0.6 is 0 Å². The Morgan fingerprint density at radius 2 is 2.00 bits per heavy atom. The molecule has 1 aliphatic carbocycles. The Morgan fingerprint density at radius 3 is 2.57 bits per heavy atom. The van der Waals surface area contributed by atoms with Crippen LogP contribution in [0.4, 0.5) is 0 Å². The summed E-state index contributed by atoms with van der Waals surface area (Å²) < 4.78 is 10.5. The number of amides is 1. The van der Waals surface area contributed by atoms with E-state index in [4.69, 9.17) is 9.47 Å². The van der Waals surface area contributed by atoms with E-state index in [1.165, 1.54) is 12.8 Å². The van der Waals surface area contributed by atoms with Gasteiger partial charge in [-0.25, -0.2) is 0 Å². The normalized spacial score (nSPS) is 32.6. The molecule has 0 radical (unpaired) electrons. The number of hydrogen-bond donors (Lipinski definition) is 1. The largest absolute Gasteiger partial charge is 0.355 e. The van der Waals surface area contributed by atoms with Crippen LogP contribution in [0.1, 0.15) is 19.8 Å². The van der Waals surface area contributed by atoms with Crippen molar-refractivity contribution in [2.24, 2.45) is 11.8 Å². The van der Waals surface area contributed by atoms with Crippen molar-refractivity contribution >= 4 is 5.91 Å². The maximum Gasteiger partial charge on any atom is 0.227 e. The van der Waals surface area contributed by atoms with Gasteiger partial charge in [-0.1, -0.05) is 0 Å². The summed E-state index contributed by atoms with van der Waals surface area (Å²) in [5.41, 5.74) is 0. The van der Waals surface area contributed by atoms with Crippen LogP contribution in [0.2, 0.25) is 0 Å². The van der Waals surface area contributed by atoms with Crippen molar-refractivity contribution in [1.29, 1.82) is 0 Å². The Hall–Kier alpha value is -0.610. The maximum absolute atomic E-state index is 11.6. The molecule has 14 heavy (non-hydrogen) atoms. The first-order chi connectivity index (χ1) is 6.75. The van der Waals surface area contributed by atoms with E-state index < -0.39 is 0 Å². The van der Waals surface area contributed by atoms with Crippen LogP contribution < -0.4 is 5.32 Å². The molecule has 0 bridgehead atoms. The van der Waals surface area contributed by atoms with E-state index in [0.29, 0.717) is 13.2 Å². The van der Waals surface area contributed by atoms with Gasteiger partial charge in [0.25, 0.3) is 0 Å². The molecule has 0 atom stereocenters. The lowest BCUT2D eigenvalue weighted by molar-refractivity contribution is -0.192. The molecule has 0 aromatic carbocycles. The fourth-order valence-electron chi connectivity index (χ4n) is 1.46. The Balaban J connectivity index is 1.68. The molecule has 80 valence electrons. The van der Waals surface area contributed by atoms with Gasteiger partial charge in [-0.2, -0.15) is 0 Å². The van der Waals surface area contributed by atoms with Gasteiger partial charge in [0, 0.05) is 6.54 Å². The van der Waals surface area contributed by atoms with Gasteiger partial charge >= 0.3 is 0 Å². The van der Waals surface area contributed by atoms with Crippen molar-refractivity contribution in [3.63, 3.8) is 0 Å². The van der Waals surface area contributed by atoms with E-state index in [1.54, 1.807) is 0 Å². The lowest BCUT2D eigenvalue weighted by Crippen LogP contribution is -2.41. The SMILES string of the molecule is CC1OCC(C(=O)NCC2CC2)CO1. The molecule has 1 amide bonds. The molecule has 1 saturated carbocycles. The molecule has 0 aromatic rings. The minimum absolute atomic E-state index is 0.0730. The van der Waals surface area contributed by atoms with Gasteiger partial charge in [0.05, 0.1) is 19.1 Å². The van der Waals surface area contributed by atoms with Crippen LogP contribution in [0.15, 0.2) is 0 Å². The average molecular weight is 199 g/mol. The standard InChI is InChI=1S/C10H17NO3/c1-7-13-5-9(6-14-7)10(12)11-4-8-2-3-8/h7-9H,2-6H2,1H3,(H,11,12). The molecule has 1 heterocycles. The molecule has 2 aliphatic rings. The van der Waals surface area contributed by atoms with Crippen molar-refractivity contribution in [2.75, 3.05) is 19.8 Å². The molecule has 4 nitrogen and oxygen atoms in total. The first-order valence-electron chi connectivity index (χ1n) is 5.26. The quantitative estimate of drug-likeness (QED) is 0.721. The van der Waals surface area contributed by atoms with Crippen LogP contribution in [0, 0.1) is 11.8 Å². The molecule has 0 spiro atoms. The highest BCUT2D eigenvalue weighted by Gasteiger charge is 2.27. The van der Waals surface area contributed by atoms with Gasteiger partial charge in [-0.05, 0) is 25.7 Å². The summed E-state index contributed by atoms with van der Waals surface area (Å²) in [5.74, 6) is 0.678. The third-order valence-corrected chi connectivity index (χ3v) is 2.70. The Labute approximate surface area is 84.0 Å². The fraction of sp³-hybridized carbons (Fsp3) is 0.900. The number of hydrogen-bond acceptors (Lipinski definition) is 3. The van der Waals surface area contributed by atoms with Crippen LogP contribution in [0.5, 0.6) is 0 Å². The zero-order valence-electron chi connectivity index (χ0n) is 8.49. The summed E-state index contributed by atoms with van der Waals surface area (Å²) in [4.78, 5) is 11.6. The highest BCUT2D eigenvalue weighted by Crippen LogP contribution is 2.27. The number of nitrogens with one attached hydrogen (secondary N) is 1. The van der Waals surface area contributed by atoms with Crippen molar-refractivity contribution < 1.29 is 14.3 Å². The Kier molecular flexibility index (Phi) is 3.03. The van der Waals surface area contributed by atoms with E-state index in [-0.39, 0.29) is 18.1 Å². The molecule has 2 fully saturated rings. The first-order valence-corrected chi connectivity index (χ1v) is 5.26. The second-order valence-electron chi connectivity index (χ2n) is 4.12. The van der Waals surface area contributed by atoms with Crippen LogP contribution in [-0.4, -0.2) is 32.0 Å². The Bertz CT molecular complexity index is 207. The van der Waals surface area contributed by atoms with E-state index in [0.717, 1.165) is 12.5 Å². The van der Waals surface area contributed by atoms with Gasteiger partial charge in [0.2, 0.25) is 5.91 Å². The van der Waals surface area contributed by atoms with Crippen LogP contribution in [0.3, 0.4) is 0 Å². The topological polar surface area (TPSA) is 47.6 Å². The zero-order valence-corrected chi connectivity index (χ0v) is 8.49. The van der Waals surface area contributed by atoms with Crippen LogP contribution in [0.25, 0.3) is 0 Å². The van der Waals surface area contributed by atoms with E-state index >= 15 is 0 Å². The number of rotatable bonds is 3. The van der Waals surface area contributed by atoms with Gasteiger partial charge in [0.15, 0.2) is 6.29 Å². The third-order valence-electron chi connectivity index (χ3n) is 2.70. The maximum atomic E-state index is 11.6. The van der Waals surface area contributed by atoms with Crippen molar-refractivity contribution in [1.82, 2.24) is 5.32 Å². The van der Waals surface area contributed by atoms with Crippen molar-refractivity contribution in [3.05, 3.63) is 0 Å². The third kappa shape index (κ3) is 2.69. The highest BCUT2D eigenvalue weighted by atomic mass is 16.7. The lowest BCUT2D eigenvalue weighted by atomic mass is 10.1. The van der Waals surface area contributed by atoms with Gasteiger partial charge in [-0.15, -0.1) is 0 Å². The van der Waals surface area contributed by atoms with Gasteiger partial charge in [0.1, 0.15) is 0 Å². The summed E-state index contributed by atoms with van der Waals surface area (Å²) >= 11 is 0. The molecular weight excluding hydrogens is 182 g/mol. The molecule has 4 heteroatoms. The monoisotopic (exact) mass is 199 g/mol. The minimum Gasteiger partial charge on any atom is -0.355 e. The lowest BCUT2D eigenvalue weighted by Gasteiger charge is -2.26. The van der Waals surface area contributed by atoms with E-state index in [2.05, 4.69) is 5.32 Å². The minimum atomic E-state index is -0.164. The summed E-state index contributed by atoms with van der Waals surface area (Å²) in [6.45, 7) is 3.64. The Morgan fingerprint density at radius 1 is 1.36 bits per heavy atom.